The fraction of sp³-hybridized carbons (Fsp3) is 0.167. The van der Waals surface area contributed by atoms with Gasteiger partial charge in [-0.05, 0) is 24.1 Å². The lowest BCUT2D eigenvalue weighted by Gasteiger charge is -2.22. The van der Waals surface area contributed by atoms with E-state index in [1.807, 2.05) is 0 Å². The van der Waals surface area contributed by atoms with Crippen molar-refractivity contribution < 1.29 is 18.8 Å². The Morgan fingerprint density at radius 3 is 2.44 bits per heavy atom. The molecule has 1 aliphatic rings. The van der Waals surface area contributed by atoms with E-state index in [0.717, 1.165) is 0 Å². The Balaban J connectivity index is 1.75. The molecule has 0 spiro atoms. The van der Waals surface area contributed by atoms with Crippen molar-refractivity contribution in [3.05, 3.63) is 71.5 Å². The number of benzene rings is 2. The SMILES string of the molecule is CC1(c2ccccc2)NC(=O)N(NC(=O)Cc2ccccc2F)C1=O. The normalized spacial score (nSPS) is 19.7. The monoisotopic (exact) mass is 341 g/mol. The Morgan fingerprint density at radius 2 is 1.76 bits per heavy atom. The van der Waals surface area contributed by atoms with Crippen LogP contribution in [-0.4, -0.2) is 22.9 Å². The van der Waals surface area contributed by atoms with Crippen molar-refractivity contribution in [2.75, 3.05) is 0 Å². The summed E-state index contributed by atoms with van der Waals surface area (Å²) in [4.78, 5) is 36.9. The smallest absolute Gasteiger partial charge is 0.318 e. The van der Waals surface area contributed by atoms with Gasteiger partial charge >= 0.3 is 6.03 Å². The minimum Gasteiger partial charge on any atom is -0.318 e. The number of carbonyl (C=O) groups is 3. The maximum Gasteiger partial charge on any atom is 0.344 e. The molecule has 1 aliphatic heterocycles. The molecule has 1 saturated heterocycles. The van der Waals surface area contributed by atoms with Gasteiger partial charge in [0, 0.05) is 0 Å². The molecule has 6 nitrogen and oxygen atoms in total. The number of nitrogens with zero attached hydrogens (tertiary/aromatic N) is 1. The molecule has 1 unspecified atom stereocenters. The van der Waals surface area contributed by atoms with Crippen LogP contribution >= 0.6 is 0 Å². The summed E-state index contributed by atoms with van der Waals surface area (Å²) in [6, 6.07) is 13.8. The van der Waals surface area contributed by atoms with Crippen LogP contribution in [0.25, 0.3) is 0 Å². The van der Waals surface area contributed by atoms with Crippen LogP contribution in [0.5, 0.6) is 0 Å². The van der Waals surface area contributed by atoms with Gasteiger partial charge in [-0.3, -0.25) is 15.0 Å². The number of amides is 4. The van der Waals surface area contributed by atoms with Crippen LogP contribution in [0.15, 0.2) is 54.6 Å². The number of hydrazine groups is 1. The van der Waals surface area contributed by atoms with Crippen molar-refractivity contribution in [2.45, 2.75) is 18.9 Å². The summed E-state index contributed by atoms with van der Waals surface area (Å²) >= 11 is 0. The molecule has 3 rings (SSSR count). The fourth-order valence-electron chi connectivity index (χ4n) is 2.69. The summed E-state index contributed by atoms with van der Waals surface area (Å²) in [7, 11) is 0. The topological polar surface area (TPSA) is 78.5 Å². The lowest BCUT2D eigenvalue weighted by Crippen LogP contribution is -2.48. The van der Waals surface area contributed by atoms with Gasteiger partial charge in [-0.1, -0.05) is 48.5 Å². The molecule has 4 amide bonds. The molecule has 2 aromatic rings. The number of carbonyl (C=O) groups excluding carboxylic acids is 3. The number of rotatable bonds is 4. The third-order valence-corrected chi connectivity index (χ3v) is 4.09. The van der Waals surface area contributed by atoms with E-state index in [0.29, 0.717) is 10.6 Å². The van der Waals surface area contributed by atoms with Crippen molar-refractivity contribution in [2.24, 2.45) is 0 Å². The molecule has 0 aliphatic carbocycles. The molecular formula is C18H16FN3O3. The predicted octanol–water partition coefficient (Wildman–Crippen LogP) is 1.87. The Labute approximate surface area is 143 Å². The highest BCUT2D eigenvalue weighted by molar-refractivity contribution is 6.08. The molecule has 0 saturated carbocycles. The predicted molar refractivity (Wildman–Crippen MR) is 87.4 cm³/mol. The minimum atomic E-state index is -1.27. The van der Waals surface area contributed by atoms with Gasteiger partial charge in [-0.25, -0.2) is 9.18 Å². The van der Waals surface area contributed by atoms with E-state index < -0.39 is 29.2 Å². The van der Waals surface area contributed by atoms with Crippen LogP contribution < -0.4 is 10.7 Å². The molecule has 0 aromatic heterocycles. The zero-order valence-electron chi connectivity index (χ0n) is 13.5. The molecule has 1 heterocycles. The second-order valence-corrected chi connectivity index (χ2v) is 5.86. The van der Waals surface area contributed by atoms with Gasteiger partial charge in [-0.15, -0.1) is 0 Å². The van der Waals surface area contributed by atoms with Crippen molar-refractivity contribution in [3.63, 3.8) is 0 Å². The lowest BCUT2D eigenvalue weighted by molar-refractivity contribution is -0.138. The van der Waals surface area contributed by atoms with E-state index in [9.17, 15) is 18.8 Å². The number of hydrogen-bond acceptors (Lipinski definition) is 3. The summed E-state index contributed by atoms with van der Waals surface area (Å²) in [5.41, 5.74) is 1.75. The van der Waals surface area contributed by atoms with E-state index in [1.165, 1.54) is 18.2 Å². The van der Waals surface area contributed by atoms with Crippen LogP contribution in [0, 0.1) is 5.82 Å². The van der Waals surface area contributed by atoms with Crippen LogP contribution in [0.2, 0.25) is 0 Å². The maximum atomic E-state index is 13.6. The van der Waals surface area contributed by atoms with Crippen LogP contribution in [0.1, 0.15) is 18.1 Å². The Bertz CT molecular complexity index is 840. The van der Waals surface area contributed by atoms with Crippen LogP contribution in [0.3, 0.4) is 0 Å². The largest absolute Gasteiger partial charge is 0.344 e. The highest BCUT2D eigenvalue weighted by Gasteiger charge is 2.49. The molecule has 7 heteroatoms. The Morgan fingerprint density at radius 1 is 1.12 bits per heavy atom. The second kappa shape index (κ2) is 6.35. The van der Waals surface area contributed by atoms with E-state index in [1.54, 1.807) is 43.3 Å². The first-order chi connectivity index (χ1) is 11.9. The standard InChI is InChI=1S/C18H16FN3O3/c1-18(13-8-3-2-4-9-13)16(24)22(17(25)20-18)21-15(23)11-12-7-5-6-10-14(12)19/h2-10H,11H2,1H3,(H,20,25)(H,21,23). The van der Waals surface area contributed by atoms with E-state index in [2.05, 4.69) is 10.7 Å². The molecule has 0 bridgehead atoms. The summed E-state index contributed by atoms with van der Waals surface area (Å²) < 4.78 is 13.6. The van der Waals surface area contributed by atoms with Gasteiger partial charge in [-0.2, -0.15) is 5.01 Å². The van der Waals surface area contributed by atoms with Crippen molar-refractivity contribution in [3.8, 4) is 0 Å². The Hall–Kier alpha value is -3.22. The van der Waals surface area contributed by atoms with Gasteiger partial charge < -0.3 is 5.32 Å². The highest BCUT2D eigenvalue weighted by atomic mass is 19.1. The molecule has 1 atom stereocenters. The average molecular weight is 341 g/mol. The first kappa shape index (κ1) is 16.6. The third kappa shape index (κ3) is 3.08. The van der Waals surface area contributed by atoms with Crippen molar-refractivity contribution in [1.82, 2.24) is 15.8 Å². The van der Waals surface area contributed by atoms with Crippen LogP contribution in [0.4, 0.5) is 9.18 Å². The maximum absolute atomic E-state index is 13.6. The summed E-state index contributed by atoms with van der Waals surface area (Å²) in [6.45, 7) is 1.56. The quantitative estimate of drug-likeness (QED) is 0.834. The van der Waals surface area contributed by atoms with Crippen LogP contribution in [-0.2, 0) is 21.5 Å². The van der Waals surface area contributed by atoms with Gasteiger partial charge in [0.15, 0.2) is 0 Å². The minimum absolute atomic E-state index is 0.179. The van der Waals surface area contributed by atoms with Gasteiger partial charge in [0.25, 0.3) is 5.91 Å². The first-order valence-corrected chi connectivity index (χ1v) is 7.67. The van der Waals surface area contributed by atoms with Crippen molar-refractivity contribution >= 4 is 17.8 Å². The average Bonchev–Trinajstić information content (AvgIpc) is 2.82. The summed E-state index contributed by atoms with van der Waals surface area (Å²) in [5.74, 6) is -1.79. The third-order valence-electron chi connectivity index (χ3n) is 4.09. The first-order valence-electron chi connectivity index (χ1n) is 7.67. The van der Waals surface area contributed by atoms with E-state index in [-0.39, 0.29) is 12.0 Å². The summed E-state index contributed by atoms with van der Waals surface area (Å²) in [5, 5.41) is 3.21. The summed E-state index contributed by atoms with van der Waals surface area (Å²) in [6.07, 6.45) is -0.286. The van der Waals surface area contributed by atoms with Gasteiger partial charge in [0.1, 0.15) is 11.4 Å². The molecule has 25 heavy (non-hydrogen) atoms. The second-order valence-electron chi connectivity index (χ2n) is 5.86. The Kier molecular flexibility index (Phi) is 4.22. The van der Waals surface area contributed by atoms with Gasteiger partial charge in [0.2, 0.25) is 5.91 Å². The molecule has 1 fully saturated rings. The molecule has 2 N–H and O–H groups in total. The zero-order valence-corrected chi connectivity index (χ0v) is 13.5. The number of urea groups is 1. The molecule has 2 aromatic carbocycles. The van der Waals surface area contributed by atoms with E-state index >= 15 is 0 Å². The fourth-order valence-corrected chi connectivity index (χ4v) is 2.69. The molecule has 128 valence electrons. The number of halogens is 1. The molecular weight excluding hydrogens is 325 g/mol. The van der Waals surface area contributed by atoms with E-state index in [4.69, 9.17) is 0 Å². The number of imide groups is 1. The number of hydrogen-bond donors (Lipinski definition) is 2. The lowest BCUT2D eigenvalue weighted by atomic mass is 9.92. The zero-order chi connectivity index (χ0) is 18.0. The molecule has 0 radical (unpaired) electrons. The van der Waals surface area contributed by atoms with Crippen molar-refractivity contribution in [1.29, 1.82) is 0 Å². The van der Waals surface area contributed by atoms with Gasteiger partial charge in [0.05, 0.1) is 6.42 Å². The highest BCUT2D eigenvalue weighted by Crippen LogP contribution is 2.27. The number of nitrogens with one attached hydrogen (secondary N) is 2.